The highest BCUT2D eigenvalue weighted by molar-refractivity contribution is 9.10. The van der Waals surface area contributed by atoms with Crippen LogP contribution in [0.15, 0.2) is 28.7 Å². The molecule has 1 aromatic carbocycles. The van der Waals surface area contributed by atoms with E-state index in [1.54, 1.807) is 0 Å². The van der Waals surface area contributed by atoms with E-state index in [-0.39, 0.29) is 12.5 Å². The molecule has 0 amide bonds. The van der Waals surface area contributed by atoms with Gasteiger partial charge in [-0.05, 0) is 30.5 Å². The maximum absolute atomic E-state index is 8.98. The number of nitrogens with two attached hydrogens (primary N) is 1. The van der Waals surface area contributed by atoms with Gasteiger partial charge in [0, 0.05) is 11.1 Å². The molecular formula is C10H14BrNO. The minimum Gasteiger partial charge on any atom is -0.396 e. The summed E-state index contributed by atoms with van der Waals surface area (Å²) >= 11 is 3.46. The van der Waals surface area contributed by atoms with Gasteiger partial charge in [-0.2, -0.15) is 0 Å². The molecule has 1 aromatic rings. The van der Waals surface area contributed by atoms with Crippen LogP contribution in [-0.4, -0.2) is 18.3 Å². The van der Waals surface area contributed by atoms with Gasteiger partial charge >= 0.3 is 0 Å². The van der Waals surface area contributed by atoms with E-state index in [2.05, 4.69) is 15.9 Å². The lowest BCUT2D eigenvalue weighted by molar-refractivity contribution is 0.229. The Morgan fingerprint density at radius 3 is 2.62 bits per heavy atom. The fourth-order valence-corrected chi connectivity index (χ4v) is 1.64. The SMILES string of the molecule is NCC(CO)Cc1ccccc1Br. The van der Waals surface area contributed by atoms with Crippen molar-refractivity contribution in [2.45, 2.75) is 6.42 Å². The molecular weight excluding hydrogens is 230 g/mol. The van der Waals surface area contributed by atoms with Gasteiger partial charge in [0.25, 0.3) is 0 Å². The number of aliphatic hydroxyl groups excluding tert-OH is 1. The van der Waals surface area contributed by atoms with Crippen LogP contribution in [0.3, 0.4) is 0 Å². The lowest BCUT2D eigenvalue weighted by atomic mass is 10.0. The highest BCUT2D eigenvalue weighted by Gasteiger charge is 2.07. The Kier molecular flexibility index (Phi) is 4.42. The van der Waals surface area contributed by atoms with Gasteiger partial charge < -0.3 is 10.8 Å². The molecule has 0 heterocycles. The lowest BCUT2D eigenvalue weighted by Gasteiger charge is -2.12. The predicted molar refractivity (Wildman–Crippen MR) is 57.5 cm³/mol. The molecule has 0 spiro atoms. The molecule has 1 rings (SSSR count). The van der Waals surface area contributed by atoms with Crippen molar-refractivity contribution in [3.05, 3.63) is 34.3 Å². The Hall–Kier alpha value is -0.380. The summed E-state index contributed by atoms with van der Waals surface area (Å²) in [6, 6.07) is 8.01. The zero-order chi connectivity index (χ0) is 9.68. The highest BCUT2D eigenvalue weighted by atomic mass is 79.9. The van der Waals surface area contributed by atoms with Crippen molar-refractivity contribution in [2.75, 3.05) is 13.2 Å². The number of aliphatic hydroxyl groups is 1. The maximum atomic E-state index is 8.98. The van der Waals surface area contributed by atoms with Crippen molar-refractivity contribution < 1.29 is 5.11 Å². The first-order valence-electron chi connectivity index (χ1n) is 4.32. The summed E-state index contributed by atoms with van der Waals surface area (Å²) in [4.78, 5) is 0. The summed E-state index contributed by atoms with van der Waals surface area (Å²) in [5, 5.41) is 8.98. The van der Waals surface area contributed by atoms with Crippen molar-refractivity contribution in [2.24, 2.45) is 11.7 Å². The van der Waals surface area contributed by atoms with E-state index in [4.69, 9.17) is 10.8 Å². The van der Waals surface area contributed by atoms with Crippen LogP contribution >= 0.6 is 15.9 Å². The smallest absolute Gasteiger partial charge is 0.0474 e. The topological polar surface area (TPSA) is 46.2 Å². The van der Waals surface area contributed by atoms with Crippen LogP contribution in [0.1, 0.15) is 5.56 Å². The van der Waals surface area contributed by atoms with E-state index in [1.165, 1.54) is 5.56 Å². The van der Waals surface area contributed by atoms with E-state index in [1.807, 2.05) is 24.3 Å². The highest BCUT2D eigenvalue weighted by Crippen LogP contribution is 2.18. The molecule has 3 N–H and O–H groups in total. The van der Waals surface area contributed by atoms with Crippen LogP contribution in [0.2, 0.25) is 0 Å². The zero-order valence-corrected chi connectivity index (χ0v) is 9.00. The summed E-state index contributed by atoms with van der Waals surface area (Å²) in [6.45, 7) is 0.676. The number of rotatable bonds is 4. The summed E-state index contributed by atoms with van der Waals surface area (Å²) in [6.07, 6.45) is 0.828. The molecule has 0 bridgehead atoms. The number of hydrogen-bond acceptors (Lipinski definition) is 2. The maximum Gasteiger partial charge on any atom is 0.0474 e. The monoisotopic (exact) mass is 243 g/mol. The average molecular weight is 244 g/mol. The van der Waals surface area contributed by atoms with Crippen molar-refractivity contribution in [3.63, 3.8) is 0 Å². The standard InChI is InChI=1S/C10H14BrNO/c11-10-4-2-1-3-9(10)5-8(6-12)7-13/h1-4,8,13H,5-7,12H2. The fourth-order valence-electron chi connectivity index (χ4n) is 1.20. The molecule has 0 saturated carbocycles. The second kappa shape index (κ2) is 5.37. The van der Waals surface area contributed by atoms with Crippen LogP contribution < -0.4 is 5.73 Å². The largest absolute Gasteiger partial charge is 0.396 e. The number of hydrogen-bond donors (Lipinski definition) is 2. The third-order valence-electron chi connectivity index (χ3n) is 2.06. The Morgan fingerprint density at radius 1 is 1.38 bits per heavy atom. The molecule has 0 saturated heterocycles. The molecule has 0 fully saturated rings. The van der Waals surface area contributed by atoms with Gasteiger partial charge in [-0.15, -0.1) is 0 Å². The molecule has 13 heavy (non-hydrogen) atoms. The van der Waals surface area contributed by atoms with Crippen LogP contribution in [0.25, 0.3) is 0 Å². The summed E-state index contributed by atoms with van der Waals surface area (Å²) < 4.78 is 1.09. The minimum absolute atomic E-state index is 0.151. The van der Waals surface area contributed by atoms with Gasteiger partial charge in [0.2, 0.25) is 0 Å². The van der Waals surface area contributed by atoms with Crippen molar-refractivity contribution in [3.8, 4) is 0 Å². The molecule has 1 atom stereocenters. The summed E-state index contributed by atoms with van der Waals surface area (Å²) in [5.74, 6) is 0.165. The van der Waals surface area contributed by atoms with Gasteiger partial charge in [-0.3, -0.25) is 0 Å². The molecule has 0 aliphatic carbocycles. The number of benzene rings is 1. The fraction of sp³-hybridized carbons (Fsp3) is 0.400. The second-order valence-corrected chi connectivity index (χ2v) is 3.93. The van der Waals surface area contributed by atoms with Crippen molar-refractivity contribution in [1.29, 1.82) is 0 Å². The Morgan fingerprint density at radius 2 is 2.08 bits per heavy atom. The van der Waals surface area contributed by atoms with Crippen molar-refractivity contribution in [1.82, 2.24) is 0 Å². The van der Waals surface area contributed by atoms with Gasteiger partial charge in [0.1, 0.15) is 0 Å². The summed E-state index contributed by atoms with van der Waals surface area (Å²) in [5.41, 5.74) is 6.71. The Bertz CT molecular complexity index is 261. The Balaban J connectivity index is 2.67. The third-order valence-corrected chi connectivity index (χ3v) is 2.83. The van der Waals surface area contributed by atoms with Gasteiger partial charge in [0.15, 0.2) is 0 Å². The van der Waals surface area contributed by atoms with Crippen molar-refractivity contribution >= 4 is 15.9 Å². The van der Waals surface area contributed by atoms with Gasteiger partial charge in [0.05, 0.1) is 0 Å². The molecule has 3 heteroatoms. The quantitative estimate of drug-likeness (QED) is 0.844. The normalized spacial score (nSPS) is 12.8. The molecule has 0 aliphatic rings. The molecule has 0 aliphatic heterocycles. The molecule has 0 radical (unpaired) electrons. The molecule has 72 valence electrons. The third kappa shape index (κ3) is 3.10. The minimum atomic E-state index is 0.151. The first-order chi connectivity index (χ1) is 6.27. The Labute approximate surface area is 86.9 Å². The van der Waals surface area contributed by atoms with Crippen LogP contribution in [0.4, 0.5) is 0 Å². The molecule has 0 aromatic heterocycles. The average Bonchev–Trinajstić information content (AvgIpc) is 2.17. The van der Waals surface area contributed by atoms with Gasteiger partial charge in [-0.25, -0.2) is 0 Å². The molecule has 1 unspecified atom stereocenters. The summed E-state index contributed by atoms with van der Waals surface area (Å²) in [7, 11) is 0. The lowest BCUT2D eigenvalue weighted by Crippen LogP contribution is -2.20. The van der Waals surface area contributed by atoms with E-state index in [9.17, 15) is 0 Å². The van der Waals surface area contributed by atoms with E-state index >= 15 is 0 Å². The number of halogens is 1. The molecule has 2 nitrogen and oxygen atoms in total. The zero-order valence-electron chi connectivity index (χ0n) is 7.41. The second-order valence-electron chi connectivity index (χ2n) is 3.08. The first kappa shape index (κ1) is 10.7. The first-order valence-corrected chi connectivity index (χ1v) is 5.11. The van der Waals surface area contributed by atoms with E-state index in [0.29, 0.717) is 6.54 Å². The van der Waals surface area contributed by atoms with Crippen LogP contribution in [0.5, 0.6) is 0 Å². The van der Waals surface area contributed by atoms with Crippen LogP contribution in [0, 0.1) is 5.92 Å². The van der Waals surface area contributed by atoms with Crippen LogP contribution in [-0.2, 0) is 6.42 Å². The van der Waals surface area contributed by atoms with Gasteiger partial charge in [-0.1, -0.05) is 34.1 Å². The predicted octanol–water partition coefficient (Wildman–Crippen LogP) is 1.56. The van der Waals surface area contributed by atoms with E-state index < -0.39 is 0 Å². The van der Waals surface area contributed by atoms with E-state index in [0.717, 1.165) is 10.9 Å².